The molecule has 0 aromatic carbocycles. The lowest BCUT2D eigenvalue weighted by atomic mass is 10.2. The number of hydrogen-bond acceptors (Lipinski definition) is 4. The highest BCUT2D eigenvalue weighted by molar-refractivity contribution is 5.71. The van der Waals surface area contributed by atoms with E-state index in [1.165, 1.54) is 7.05 Å². The first-order valence-corrected chi connectivity index (χ1v) is 3.76. The van der Waals surface area contributed by atoms with Crippen molar-refractivity contribution in [3.05, 3.63) is 0 Å². The van der Waals surface area contributed by atoms with E-state index in [1.807, 2.05) is 0 Å². The molecule has 1 aliphatic heterocycles. The summed E-state index contributed by atoms with van der Waals surface area (Å²) < 4.78 is 9.51. The summed E-state index contributed by atoms with van der Waals surface area (Å²) in [5.41, 5.74) is 0. The molecule has 0 saturated carbocycles. The van der Waals surface area contributed by atoms with Crippen LogP contribution in [0.1, 0.15) is 12.8 Å². The molecule has 1 saturated heterocycles. The molecule has 5 heteroatoms. The van der Waals surface area contributed by atoms with Gasteiger partial charge >= 0.3 is 12.1 Å². The second-order valence-electron chi connectivity index (χ2n) is 2.50. The summed E-state index contributed by atoms with van der Waals surface area (Å²) in [5, 5.41) is 2.30. The Morgan fingerprint density at radius 1 is 1.83 bits per heavy atom. The third kappa shape index (κ3) is 2.41. The number of carbonyl (C=O) groups is 2. The van der Waals surface area contributed by atoms with Crippen LogP contribution < -0.4 is 5.32 Å². The molecule has 1 rings (SSSR count). The fourth-order valence-corrected chi connectivity index (χ4v) is 0.941. The number of rotatable bonds is 2. The zero-order chi connectivity index (χ0) is 8.97. The third-order valence-electron chi connectivity index (χ3n) is 1.57. The van der Waals surface area contributed by atoms with Crippen molar-refractivity contribution in [3.63, 3.8) is 0 Å². The zero-order valence-corrected chi connectivity index (χ0v) is 6.83. The van der Waals surface area contributed by atoms with E-state index in [1.54, 1.807) is 0 Å². The van der Waals surface area contributed by atoms with Gasteiger partial charge in [0.05, 0.1) is 0 Å². The molecule has 1 atom stereocenters. The number of esters is 1. The average Bonchev–Trinajstić information content (AvgIpc) is 2.47. The number of ether oxygens (including phenoxy) is 2. The van der Waals surface area contributed by atoms with Gasteiger partial charge in [-0.3, -0.25) is 4.79 Å². The number of carbonyl (C=O) groups excluding carboxylic acids is 2. The van der Waals surface area contributed by atoms with Crippen LogP contribution in [0.5, 0.6) is 0 Å². The third-order valence-corrected chi connectivity index (χ3v) is 1.57. The summed E-state index contributed by atoms with van der Waals surface area (Å²) in [6.07, 6.45) is 0.296. The van der Waals surface area contributed by atoms with Crippen molar-refractivity contribution in [1.29, 1.82) is 0 Å². The van der Waals surface area contributed by atoms with Crippen molar-refractivity contribution in [2.75, 3.05) is 13.7 Å². The Labute approximate surface area is 70.0 Å². The Hall–Kier alpha value is -1.26. The molecule has 1 aliphatic rings. The molecule has 1 unspecified atom stereocenters. The van der Waals surface area contributed by atoms with E-state index in [0.29, 0.717) is 12.8 Å². The SMILES string of the molecule is CNC(=O)OCC1CCC(=O)O1. The Bertz CT molecular complexity index is 192. The molecule has 1 heterocycles. The first-order chi connectivity index (χ1) is 5.72. The first kappa shape index (κ1) is 8.83. The van der Waals surface area contributed by atoms with Crippen LogP contribution >= 0.6 is 0 Å². The van der Waals surface area contributed by atoms with Gasteiger partial charge in [-0.25, -0.2) is 4.79 Å². The van der Waals surface area contributed by atoms with Crippen LogP contribution in [0.4, 0.5) is 4.79 Å². The highest BCUT2D eigenvalue weighted by atomic mass is 16.6. The van der Waals surface area contributed by atoms with E-state index < -0.39 is 6.09 Å². The smallest absolute Gasteiger partial charge is 0.406 e. The minimum absolute atomic E-state index is 0.144. The number of nitrogens with one attached hydrogen (secondary N) is 1. The summed E-state index contributed by atoms with van der Waals surface area (Å²) in [6, 6.07) is 0. The molecule has 1 fully saturated rings. The lowest BCUT2D eigenvalue weighted by molar-refractivity contribution is -0.142. The van der Waals surface area contributed by atoms with Crippen molar-refractivity contribution >= 4 is 12.1 Å². The van der Waals surface area contributed by atoms with Crippen molar-refractivity contribution in [2.24, 2.45) is 0 Å². The molecule has 1 N–H and O–H groups in total. The van der Waals surface area contributed by atoms with Gasteiger partial charge in [-0.15, -0.1) is 0 Å². The van der Waals surface area contributed by atoms with Crippen LogP contribution in [0, 0.1) is 0 Å². The Balaban J connectivity index is 2.16. The minimum Gasteiger partial charge on any atom is -0.459 e. The highest BCUT2D eigenvalue weighted by Crippen LogP contribution is 2.13. The fourth-order valence-electron chi connectivity index (χ4n) is 0.941. The van der Waals surface area contributed by atoms with Gasteiger partial charge in [-0.05, 0) is 6.42 Å². The van der Waals surface area contributed by atoms with Crippen LogP contribution in [0.3, 0.4) is 0 Å². The van der Waals surface area contributed by atoms with E-state index in [-0.39, 0.29) is 18.7 Å². The number of hydrogen-bond donors (Lipinski definition) is 1. The average molecular weight is 173 g/mol. The molecule has 0 aromatic heterocycles. The maximum atomic E-state index is 10.6. The number of amides is 1. The molecule has 12 heavy (non-hydrogen) atoms. The molecule has 0 aromatic rings. The molecular weight excluding hydrogens is 162 g/mol. The van der Waals surface area contributed by atoms with E-state index in [2.05, 4.69) is 5.32 Å². The van der Waals surface area contributed by atoms with Crippen LogP contribution in [0.15, 0.2) is 0 Å². The Morgan fingerprint density at radius 2 is 2.58 bits per heavy atom. The van der Waals surface area contributed by atoms with E-state index in [0.717, 1.165) is 0 Å². The summed E-state index contributed by atoms with van der Waals surface area (Å²) in [4.78, 5) is 21.2. The molecule has 1 amide bonds. The summed E-state index contributed by atoms with van der Waals surface area (Å²) in [6.45, 7) is 0.144. The second kappa shape index (κ2) is 3.94. The van der Waals surface area contributed by atoms with Crippen LogP contribution in [-0.2, 0) is 14.3 Å². The summed E-state index contributed by atoms with van der Waals surface area (Å²) >= 11 is 0. The molecule has 5 nitrogen and oxygen atoms in total. The van der Waals surface area contributed by atoms with Crippen molar-refractivity contribution in [3.8, 4) is 0 Å². The summed E-state index contributed by atoms with van der Waals surface area (Å²) in [7, 11) is 1.48. The Morgan fingerprint density at radius 3 is 3.08 bits per heavy atom. The molecule has 68 valence electrons. The molecular formula is C7H11NO4. The number of cyclic esters (lactones) is 1. The fraction of sp³-hybridized carbons (Fsp3) is 0.714. The molecule has 0 aliphatic carbocycles. The van der Waals surface area contributed by atoms with Crippen molar-refractivity contribution in [1.82, 2.24) is 5.32 Å². The predicted molar refractivity (Wildman–Crippen MR) is 39.5 cm³/mol. The van der Waals surface area contributed by atoms with E-state index >= 15 is 0 Å². The molecule has 0 spiro atoms. The lowest BCUT2D eigenvalue weighted by Crippen LogP contribution is -2.24. The van der Waals surface area contributed by atoms with Gasteiger partial charge in [0.25, 0.3) is 0 Å². The summed E-state index contributed by atoms with van der Waals surface area (Å²) in [5.74, 6) is -0.222. The van der Waals surface area contributed by atoms with E-state index in [9.17, 15) is 9.59 Å². The molecule has 0 bridgehead atoms. The largest absolute Gasteiger partial charge is 0.459 e. The maximum Gasteiger partial charge on any atom is 0.406 e. The quantitative estimate of drug-likeness (QED) is 0.599. The zero-order valence-electron chi connectivity index (χ0n) is 6.83. The number of alkyl carbamates (subject to hydrolysis) is 1. The first-order valence-electron chi connectivity index (χ1n) is 3.76. The van der Waals surface area contributed by atoms with Crippen molar-refractivity contribution < 1.29 is 19.1 Å². The van der Waals surface area contributed by atoms with Gasteiger partial charge in [0.1, 0.15) is 12.7 Å². The van der Waals surface area contributed by atoms with E-state index in [4.69, 9.17) is 9.47 Å². The minimum atomic E-state index is -0.502. The van der Waals surface area contributed by atoms with Gasteiger partial charge < -0.3 is 14.8 Å². The van der Waals surface area contributed by atoms with Crippen LogP contribution in [0.25, 0.3) is 0 Å². The lowest BCUT2D eigenvalue weighted by Gasteiger charge is -2.08. The van der Waals surface area contributed by atoms with Crippen LogP contribution in [0.2, 0.25) is 0 Å². The topological polar surface area (TPSA) is 64.6 Å². The van der Waals surface area contributed by atoms with Gasteiger partial charge in [0.2, 0.25) is 0 Å². The standard InChI is InChI=1S/C7H11NO4/c1-8-7(10)11-4-5-2-3-6(9)12-5/h5H,2-4H2,1H3,(H,8,10). The van der Waals surface area contributed by atoms with Gasteiger partial charge in [-0.1, -0.05) is 0 Å². The predicted octanol–water partition coefficient (Wildman–Crippen LogP) is 0.0480. The second-order valence-corrected chi connectivity index (χ2v) is 2.50. The maximum absolute atomic E-state index is 10.6. The highest BCUT2D eigenvalue weighted by Gasteiger charge is 2.24. The molecule has 0 radical (unpaired) electrons. The van der Waals surface area contributed by atoms with Crippen LogP contribution in [-0.4, -0.2) is 31.8 Å². The van der Waals surface area contributed by atoms with Gasteiger partial charge in [0, 0.05) is 13.5 Å². The normalized spacial score (nSPS) is 21.8. The van der Waals surface area contributed by atoms with Crippen molar-refractivity contribution in [2.45, 2.75) is 18.9 Å². The Kier molecular flexibility index (Phi) is 2.90. The van der Waals surface area contributed by atoms with Gasteiger partial charge in [-0.2, -0.15) is 0 Å². The monoisotopic (exact) mass is 173 g/mol. The van der Waals surface area contributed by atoms with Gasteiger partial charge in [0.15, 0.2) is 0 Å².